The van der Waals surface area contributed by atoms with E-state index in [1.807, 2.05) is 104 Å². The van der Waals surface area contributed by atoms with Crippen LogP contribution in [0, 0.1) is 6.92 Å². The molecule has 0 radical (unpaired) electrons. The summed E-state index contributed by atoms with van der Waals surface area (Å²) in [5.74, 6) is 0.704. The van der Waals surface area contributed by atoms with Gasteiger partial charge in [0.25, 0.3) is 0 Å². The second kappa shape index (κ2) is 16.8. The van der Waals surface area contributed by atoms with Crippen molar-refractivity contribution in [1.29, 1.82) is 0 Å². The predicted molar refractivity (Wildman–Crippen MR) is 191 cm³/mol. The lowest BCUT2D eigenvalue weighted by molar-refractivity contribution is 0.0472. The molecule has 10 heteroatoms. The molecule has 254 valence electrons. The molecule has 0 saturated heterocycles. The van der Waals surface area contributed by atoms with Crippen molar-refractivity contribution in [1.82, 2.24) is 5.32 Å². The van der Waals surface area contributed by atoms with E-state index in [9.17, 15) is 18.3 Å². The zero-order chi connectivity index (χ0) is 34.6. The number of rotatable bonds is 16. The van der Waals surface area contributed by atoms with Crippen molar-refractivity contribution < 1.29 is 32.5 Å². The Morgan fingerprint density at radius 3 is 2.12 bits per heavy atom. The molecular formula is C39H40N2O7S. The normalized spacial score (nSPS) is 11.8. The van der Waals surface area contributed by atoms with Crippen molar-refractivity contribution in [3.63, 3.8) is 0 Å². The Bertz CT molecular complexity index is 1930. The minimum Gasteiger partial charge on any atom is -0.492 e. The SMILES string of the molecule is Cc1cc(C(=O)OCc2ccccc2)ccc1-c1ccc(OCCNC[C@H](O)c2ccc(OCc3ccccc3)c(NS(C)(=O)=O)c2)cc1. The number of aliphatic hydroxyl groups excluding tert-OH is 1. The van der Waals surface area contributed by atoms with E-state index >= 15 is 0 Å². The molecule has 5 aromatic rings. The lowest BCUT2D eigenvalue weighted by Gasteiger charge is -2.17. The van der Waals surface area contributed by atoms with Gasteiger partial charge < -0.3 is 24.6 Å². The molecule has 5 aromatic carbocycles. The van der Waals surface area contributed by atoms with E-state index in [2.05, 4.69) is 10.0 Å². The fourth-order valence-electron chi connectivity index (χ4n) is 5.14. The van der Waals surface area contributed by atoms with Gasteiger partial charge in [-0.25, -0.2) is 13.2 Å². The summed E-state index contributed by atoms with van der Waals surface area (Å²) in [4.78, 5) is 12.6. The van der Waals surface area contributed by atoms with Gasteiger partial charge >= 0.3 is 5.97 Å². The van der Waals surface area contributed by atoms with Crippen LogP contribution in [0.2, 0.25) is 0 Å². The first-order chi connectivity index (χ1) is 23.6. The lowest BCUT2D eigenvalue weighted by Crippen LogP contribution is -2.26. The van der Waals surface area contributed by atoms with E-state index in [4.69, 9.17) is 14.2 Å². The summed E-state index contributed by atoms with van der Waals surface area (Å²) in [6.07, 6.45) is 0.182. The van der Waals surface area contributed by atoms with Crippen LogP contribution in [-0.2, 0) is 28.0 Å². The summed E-state index contributed by atoms with van der Waals surface area (Å²) < 4.78 is 43.7. The Kier molecular flexibility index (Phi) is 12.0. The van der Waals surface area contributed by atoms with Gasteiger partial charge in [0.15, 0.2) is 0 Å². The number of aliphatic hydroxyl groups is 1. The van der Waals surface area contributed by atoms with Gasteiger partial charge in [0.05, 0.1) is 23.6 Å². The number of sulfonamides is 1. The van der Waals surface area contributed by atoms with Crippen LogP contribution in [0.4, 0.5) is 5.69 Å². The van der Waals surface area contributed by atoms with E-state index in [0.717, 1.165) is 34.1 Å². The van der Waals surface area contributed by atoms with Crippen LogP contribution in [0.3, 0.4) is 0 Å². The van der Waals surface area contributed by atoms with Crippen LogP contribution in [-0.4, -0.2) is 45.4 Å². The molecule has 0 heterocycles. The van der Waals surface area contributed by atoms with E-state index in [1.165, 1.54) is 0 Å². The van der Waals surface area contributed by atoms with Crippen LogP contribution in [0.15, 0.2) is 121 Å². The second-order valence-electron chi connectivity index (χ2n) is 11.6. The smallest absolute Gasteiger partial charge is 0.338 e. The van der Waals surface area contributed by atoms with Crippen molar-refractivity contribution in [2.24, 2.45) is 0 Å². The molecule has 0 bridgehead atoms. The van der Waals surface area contributed by atoms with Crippen LogP contribution < -0.4 is 19.5 Å². The monoisotopic (exact) mass is 680 g/mol. The number of carbonyl (C=O) groups is 1. The second-order valence-corrected chi connectivity index (χ2v) is 13.3. The van der Waals surface area contributed by atoms with Crippen LogP contribution in [0.1, 0.15) is 38.7 Å². The largest absolute Gasteiger partial charge is 0.492 e. The first-order valence-corrected chi connectivity index (χ1v) is 17.8. The number of aryl methyl sites for hydroxylation is 1. The molecule has 0 aliphatic carbocycles. The van der Waals surface area contributed by atoms with Crippen molar-refractivity contribution in [3.8, 4) is 22.6 Å². The molecule has 1 atom stereocenters. The minimum atomic E-state index is -3.57. The van der Waals surface area contributed by atoms with Gasteiger partial charge in [0.2, 0.25) is 10.0 Å². The van der Waals surface area contributed by atoms with Crippen molar-refractivity contribution >= 4 is 21.7 Å². The molecule has 0 spiro atoms. The molecule has 0 saturated carbocycles. The van der Waals surface area contributed by atoms with Gasteiger partial charge in [0.1, 0.15) is 31.3 Å². The Morgan fingerprint density at radius 2 is 1.47 bits per heavy atom. The van der Waals surface area contributed by atoms with Gasteiger partial charge in [0, 0.05) is 13.1 Å². The quantitative estimate of drug-likeness (QED) is 0.0780. The number of anilines is 1. The summed E-state index contributed by atoms with van der Waals surface area (Å²) in [5.41, 5.74) is 6.14. The maximum Gasteiger partial charge on any atom is 0.338 e. The van der Waals surface area contributed by atoms with Crippen LogP contribution in [0.5, 0.6) is 11.5 Å². The summed E-state index contributed by atoms with van der Waals surface area (Å²) in [5, 5.41) is 14.0. The summed E-state index contributed by atoms with van der Waals surface area (Å²) >= 11 is 0. The molecule has 5 rings (SSSR count). The Hall–Kier alpha value is -5.16. The topological polar surface area (TPSA) is 123 Å². The van der Waals surface area contributed by atoms with E-state index < -0.39 is 16.1 Å². The van der Waals surface area contributed by atoms with Crippen LogP contribution >= 0.6 is 0 Å². The number of ether oxygens (including phenoxy) is 3. The Morgan fingerprint density at radius 1 is 0.796 bits per heavy atom. The minimum absolute atomic E-state index is 0.226. The lowest BCUT2D eigenvalue weighted by atomic mass is 9.98. The highest BCUT2D eigenvalue weighted by atomic mass is 32.2. The number of carbonyl (C=O) groups excluding carboxylic acids is 1. The zero-order valence-corrected chi connectivity index (χ0v) is 28.3. The molecule has 0 amide bonds. The van der Waals surface area contributed by atoms with Gasteiger partial charge in [-0.15, -0.1) is 0 Å². The molecule has 49 heavy (non-hydrogen) atoms. The standard InChI is InChI=1S/C39H40N2O7S/c1-28-23-33(39(43)48-27-30-11-7-4-8-12-30)15-19-35(28)31-13-17-34(18-14-31)46-22-21-40-25-37(42)32-16-20-38(36(24-32)41-49(2,44)45)47-26-29-9-5-3-6-10-29/h3-20,23-24,37,40-42H,21-22,25-27H2,1-2H3/t37-/m0/s1. The molecule has 0 aliphatic rings. The Labute approximate surface area is 287 Å². The maximum absolute atomic E-state index is 12.6. The molecule has 9 nitrogen and oxygen atoms in total. The molecular weight excluding hydrogens is 641 g/mol. The fraction of sp³-hybridized carbons (Fsp3) is 0.205. The zero-order valence-electron chi connectivity index (χ0n) is 27.5. The van der Waals surface area contributed by atoms with E-state index in [1.54, 1.807) is 24.3 Å². The number of hydrogen-bond acceptors (Lipinski definition) is 8. The number of hydrogen-bond donors (Lipinski definition) is 3. The average Bonchev–Trinajstić information content (AvgIpc) is 3.10. The fourth-order valence-corrected chi connectivity index (χ4v) is 5.70. The maximum atomic E-state index is 12.6. The van der Waals surface area contributed by atoms with Crippen molar-refractivity contribution in [2.45, 2.75) is 26.2 Å². The van der Waals surface area contributed by atoms with Gasteiger partial charge in [-0.1, -0.05) is 84.9 Å². The summed E-state index contributed by atoms with van der Waals surface area (Å²) in [7, 11) is -3.57. The summed E-state index contributed by atoms with van der Waals surface area (Å²) in [6, 6.07) is 37.3. The molecule has 0 fully saturated rings. The van der Waals surface area contributed by atoms with Crippen molar-refractivity contribution in [2.75, 3.05) is 30.7 Å². The molecule has 3 N–H and O–H groups in total. The Balaban J connectivity index is 1.08. The third-order valence-corrected chi connectivity index (χ3v) is 8.24. The van der Waals surface area contributed by atoms with Crippen LogP contribution in [0.25, 0.3) is 11.1 Å². The highest BCUT2D eigenvalue weighted by molar-refractivity contribution is 7.92. The third kappa shape index (κ3) is 10.7. The molecule has 0 aliphatic heterocycles. The van der Waals surface area contributed by atoms with Gasteiger partial charge in [-0.2, -0.15) is 0 Å². The van der Waals surface area contributed by atoms with Gasteiger partial charge in [-0.3, -0.25) is 4.72 Å². The predicted octanol–water partition coefficient (Wildman–Crippen LogP) is 6.67. The number of esters is 1. The highest BCUT2D eigenvalue weighted by Crippen LogP contribution is 2.30. The first kappa shape index (κ1) is 35.2. The van der Waals surface area contributed by atoms with E-state index in [-0.39, 0.29) is 31.4 Å². The summed E-state index contributed by atoms with van der Waals surface area (Å²) in [6.45, 7) is 3.55. The number of nitrogens with one attached hydrogen (secondary N) is 2. The molecule has 0 unspecified atom stereocenters. The molecule has 0 aromatic heterocycles. The highest BCUT2D eigenvalue weighted by Gasteiger charge is 2.15. The number of benzene rings is 5. The van der Waals surface area contributed by atoms with Crippen molar-refractivity contribution in [3.05, 3.63) is 149 Å². The van der Waals surface area contributed by atoms with Gasteiger partial charge in [-0.05, 0) is 76.7 Å². The van der Waals surface area contributed by atoms with E-state index in [0.29, 0.717) is 35.8 Å². The average molecular weight is 681 g/mol. The first-order valence-electron chi connectivity index (χ1n) is 15.9. The third-order valence-electron chi connectivity index (χ3n) is 7.65.